The molecule has 0 N–H and O–H groups in total. The number of carbonyl (C=O) groups is 1. The molecule has 2 nitrogen and oxygen atoms in total. The summed E-state index contributed by atoms with van der Waals surface area (Å²) in [4.78, 5) is 17.7. The van der Waals surface area contributed by atoms with Gasteiger partial charge in [0.2, 0.25) is 0 Å². The Labute approximate surface area is 158 Å². The maximum absolute atomic E-state index is 12.8. The minimum absolute atomic E-state index is 0.111. The molecular formula is C25H19NO. The van der Waals surface area contributed by atoms with E-state index in [0.717, 1.165) is 50.0 Å². The zero-order valence-corrected chi connectivity index (χ0v) is 15.6. The number of aryl methyl sites for hydroxylation is 3. The number of hydrogen-bond acceptors (Lipinski definition) is 2. The van der Waals surface area contributed by atoms with Crippen LogP contribution < -0.4 is 0 Å². The molecule has 0 spiro atoms. The van der Waals surface area contributed by atoms with E-state index in [0.29, 0.717) is 0 Å². The second-order valence-electron chi connectivity index (χ2n) is 7.51. The summed E-state index contributed by atoms with van der Waals surface area (Å²) < 4.78 is 0. The average molecular weight is 349 g/mol. The molecule has 0 fully saturated rings. The molecule has 1 aliphatic rings. The maximum atomic E-state index is 12.8. The van der Waals surface area contributed by atoms with Crippen molar-refractivity contribution in [1.82, 2.24) is 4.98 Å². The molecule has 0 saturated heterocycles. The molecule has 3 aromatic carbocycles. The third-order valence-corrected chi connectivity index (χ3v) is 5.32. The van der Waals surface area contributed by atoms with Gasteiger partial charge in [-0.3, -0.25) is 4.79 Å². The van der Waals surface area contributed by atoms with Gasteiger partial charge in [-0.2, -0.15) is 0 Å². The molecule has 0 bridgehead atoms. The van der Waals surface area contributed by atoms with Crippen molar-refractivity contribution < 1.29 is 4.79 Å². The topological polar surface area (TPSA) is 30.0 Å². The first kappa shape index (κ1) is 16.0. The van der Waals surface area contributed by atoms with Crippen molar-refractivity contribution in [2.45, 2.75) is 20.8 Å². The van der Waals surface area contributed by atoms with E-state index in [1.807, 2.05) is 24.3 Å². The summed E-state index contributed by atoms with van der Waals surface area (Å²) >= 11 is 0. The van der Waals surface area contributed by atoms with E-state index in [2.05, 4.69) is 57.2 Å². The Morgan fingerprint density at radius 1 is 0.667 bits per heavy atom. The molecular weight excluding hydrogens is 330 g/mol. The van der Waals surface area contributed by atoms with Gasteiger partial charge in [0.25, 0.3) is 0 Å². The fourth-order valence-corrected chi connectivity index (χ4v) is 4.17. The Kier molecular flexibility index (Phi) is 3.32. The summed E-state index contributed by atoms with van der Waals surface area (Å²) in [6, 6.07) is 20.6. The molecule has 1 aromatic heterocycles. The zero-order chi connectivity index (χ0) is 18.7. The van der Waals surface area contributed by atoms with Crippen LogP contribution in [0.1, 0.15) is 32.6 Å². The van der Waals surface area contributed by atoms with E-state index in [9.17, 15) is 4.79 Å². The van der Waals surface area contributed by atoms with E-state index in [-0.39, 0.29) is 5.78 Å². The number of benzene rings is 3. The van der Waals surface area contributed by atoms with Crippen LogP contribution in [0.2, 0.25) is 0 Å². The highest BCUT2D eigenvalue weighted by Gasteiger charge is 2.28. The third kappa shape index (κ3) is 2.41. The minimum atomic E-state index is 0.111. The van der Waals surface area contributed by atoms with Crippen molar-refractivity contribution in [3.05, 3.63) is 88.5 Å². The van der Waals surface area contributed by atoms with Crippen LogP contribution in [0.5, 0.6) is 0 Å². The van der Waals surface area contributed by atoms with Crippen LogP contribution in [-0.4, -0.2) is 10.8 Å². The SMILES string of the molecule is Cc1cc(C)cc(-c2ccc3c4c(ccc3n2)C(=O)c2ccc(C)cc2-4)c1. The normalized spacial score (nSPS) is 12.3. The Balaban J connectivity index is 1.76. The lowest BCUT2D eigenvalue weighted by molar-refractivity contribution is 0.104. The molecule has 0 radical (unpaired) electrons. The highest BCUT2D eigenvalue weighted by molar-refractivity contribution is 6.25. The number of hydrogen-bond donors (Lipinski definition) is 0. The number of fused-ring (bicyclic) bond motifs is 5. The lowest BCUT2D eigenvalue weighted by Crippen LogP contribution is -1.95. The van der Waals surface area contributed by atoms with Gasteiger partial charge in [-0.15, -0.1) is 0 Å². The first-order valence-electron chi connectivity index (χ1n) is 9.19. The lowest BCUT2D eigenvalue weighted by atomic mass is 9.98. The van der Waals surface area contributed by atoms with Crippen LogP contribution in [0.4, 0.5) is 0 Å². The minimum Gasteiger partial charge on any atom is -0.289 e. The fourth-order valence-electron chi connectivity index (χ4n) is 4.17. The maximum Gasteiger partial charge on any atom is 0.194 e. The molecule has 0 atom stereocenters. The summed E-state index contributed by atoms with van der Waals surface area (Å²) in [5.74, 6) is 0.111. The molecule has 4 aromatic rings. The van der Waals surface area contributed by atoms with Gasteiger partial charge in [0.15, 0.2) is 5.78 Å². The second-order valence-corrected chi connectivity index (χ2v) is 7.51. The van der Waals surface area contributed by atoms with Crippen LogP contribution >= 0.6 is 0 Å². The Morgan fingerprint density at radius 3 is 2.19 bits per heavy atom. The first-order chi connectivity index (χ1) is 13.0. The van der Waals surface area contributed by atoms with Crippen LogP contribution in [0.3, 0.4) is 0 Å². The number of carbonyl (C=O) groups excluding carboxylic acids is 1. The molecule has 1 heterocycles. The van der Waals surface area contributed by atoms with Crippen LogP contribution in [-0.2, 0) is 0 Å². The third-order valence-electron chi connectivity index (χ3n) is 5.32. The van der Waals surface area contributed by atoms with Gasteiger partial charge in [0.05, 0.1) is 11.2 Å². The highest BCUT2D eigenvalue weighted by Crippen LogP contribution is 2.41. The van der Waals surface area contributed by atoms with Gasteiger partial charge in [-0.05, 0) is 62.7 Å². The van der Waals surface area contributed by atoms with Crippen molar-refractivity contribution in [3.8, 4) is 22.4 Å². The summed E-state index contributed by atoms with van der Waals surface area (Å²) in [6.07, 6.45) is 0. The standard InChI is InChI=1S/C25H19NO/c1-14-4-5-18-21(13-14)24-19-6-8-22(17-11-15(2)10-16(3)12-17)26-23(19)9-7-20(24)25(18)27/h4-13H,1-3H3. The van der Waals surface area contributed by atoms with E-state index >= 15 is 0 Å². The summed E-state index contributed by atoms with van der Waals surface area (Å²) in [7, 11) is 0. The molecule has 1 aliphatic carbocycles. The largest absolute Gasteiger partial charge is 0.289 e. The number of ketones is 1. The molecule has 2 heteroatoms. The zero-order valence-electron chi connectivity index (χ0n) is 15.6. The van der Waals surface area contributed by atoms with E-state index in [1.165, 1.54) is 11.1 Å². The van der Waals surface area contributed by atoms with Gasteiger partial charge in [0.1, 0.15) is 0 Å². The monoisotopic (exact) mass is 349 g/mol. The van der Waals surface area contributed by atoms with Gasteiger partial charge in [0, 0.05) is 27.6 Å². The Bertz CT molecular complexity index is 1250. The average Bonchev–Trinajstić information content (AvgIpc) is 2.92. The van der Waals surface area contributed by atoms with Crippen molar-refractivity contribution in [2.24, 2.45) is 0 Å². The predicted octanol–water partition coefficient (Wildman–Crippen LogP) is 6.04. The molecule has 0 saturated carbocycles. The lowest BCUT2D eigenvalue weighted by Gasteiger charge is -2.09. The molecule has 5 rings (SSSR count). The van der Waals surface area contributed by atoms with Crippen LogP contribution in [0.25, 0.3) is 33.3 Å². The first-order valence-corrected chi connectivity index (χ1v) is 9.19. The number of aromatic nitrogens is 1. The van der Waals surface area contributed by atoms with E-state index in [4.69, 9.17) is 4.98 Å². The van der Waals surface area contributed by atoms with Crippen molar-refractivity contribution >= 4 is 16.7 Å². The summed E-state index contributed by atoms with van der Waals surface area (Å²) in [6.45, 7) is 6.27. The van der Waals surface area contributed by atoms with Gasteiger partial charge in [-0.1, -0.05) is 41.0 Å². The second kappa shape index (κ2) is 5.62. The number of pyridine rings is 1. The summed E-state index contributed by atoms with van der Waals surface area (Å²) in [5, 5.41) is 1.04. The number of nitrogens with zero attached hydrogens (tertiary/aromatic N) is 1. The fraction of sp³-hybridized carbons (Fsp3) is 0.120. The van der Waals surface area contributed by atoms with Crippen molar-refractivity contribution in [3.63, 3.8) is 0 Å². The molecule has 0 unspecified atom stereocenters. The molecule has 0 aliphatic heterocycles. The predicted molar refractivity (Wildman–Crippen MR) is 110 cm³/mol. The van der Waals surface area contributed by atoms with E-state index in [1.54, 1.807) is 0 Å². The smallest absolute Gasteiger partial charge is 0.194 e. The Hall–Kier alpha value is -3.26. The highest BCUT2D eigenvalue weighted by atomic mass is 16.1. The molecule has 27 heavy (non-hydrogen) atoms. The van der Waals surface area contributed by atoms with Gasteiger partial charge >= 0.3 is 0 Å². The van der Waals surface area contributed by atoms with Crippen molar-refractivity contribution in [1.29, 1.82) is 0 Å². The van der Waals surface area contributed by atoms with Gasteiger partial charge < -0.3 is 0 Å². The van der Waals surface area contributed by atoms with Crippen LogP contribution in [0, 0.1) is 20.8 Å². The summed E-state index contributed by atoms with van der Waals surface area (Å²) in [5.41, 5.74) is 10.3. The molecule has 0 amide bonds. The van der Waals surface area contributed by atoms with Crippen molar-refractivity contribution in [2.75, 3.05) is 0 Å². The molecule has 130 valence electrons. The van der Waals surface area contributed by atoms with Crippen LogP contribution in [0.15, 0.2) is 60.7 Å². The van der Waals surface area contributed by atoms with Gasteiger partial charge in [-0.25, -0.2) is 4.98 Å². The Morgan fingerprint density at radius 2 is 1.41 bits per heavy atom. The quantitative estimate of drug-likeness (QED) is 0.369. The van der Waals surface area contributed by atoms with E-state index < -0.39 is 0 Å². The number of rotatable bonds is 1.